The molecule has 1 aliphatic rings. The molecule has 1 aliphatic carbocycles. The molecule has 0 radical (unpaired) electrons. The van der Waals surface area contributed by atoms with E-state index in [1.165, 1.54) is 5.56 Å². The molecule has 0 bridgehead atoms. The van der Waals surface area contributed by atoms with Gasteiger partial charge in [0.15, 0.2) is 0 Å². The van der Waals surface area contributed by atoms with Crippen LogP contribution >= 0.6 is 0 Å². The largest absolute Gasteiger partial charge is 0.495 e. The fraction of sp³-hybridized carbons (Fsp3) is 0.267. The highest BCUT2D eigenvalue weighted by molar-refractivity contribution is 5.85. The van der Waals surface area contributed by atoms with Crippen molar-refractivity contribution in [2.75, 3.05) is 12.4 Å². The number of fused-ring (bicyclic) bond motifs is 1. The molecule has 4 rings (SSSR count). The summed E-state index contributed by atoms with van der Waals surface area (Å²) < 4.78 is 5.50. The minimum absolute atomic E-state index is 0.0924. The Morgan fingerprint density at radius 3 is 2.09 bits per heavy atom. The van der Waals surface area contributed by atoms with Crippen LogP contribution in [0, 0.1) is 11.8 Å². The summed E-state index contributed by atoms with van der Waals surface area (Å²) in [5.41, 5.74) is 4.74. The topological polar surface area (TPSA) is 75.6 Å². The summed E-state index contributed by atoms with van der Waals surface area (Å²) in [4.78, 5) is 20.3. The van der Waals surface area contributed by atoms with Gasteiger partial charge in [0.05, 0.1) is 12.7 Å². The van der Waals surface area contributed by atoms with Crippen molar-refractivity contribution in [3.05, 3.63) is 94.5 Å². The Balaban J connectivity index is 0.00000167. The maximum atomic E-state index is 12.3. The molecule has 0 unspecified atom stereocenters. The molecule has 2 N–H and O–H groups in total. The van der Waals surface area contributed by atoms with Crippen LogP contribution in [0.1, 0.15) is 48.6 Å². The number of benzene rings is 3. The molecule has 0 saturated carbocycles. The van der Waals surface area contributed by atoms with E-state index in [0.717, 1.165) is 16.7 Å². The Hall–Kier alpha value is -4.04. The Labute approximate surface area is 207 Å². The lowest BCUT2D eigenvalue weighted by molar-refractivity contribution is -0.142. The summed E-state index contributed by atoms with van der Waals surface area (Å²) in [6.07, 6.45) is 0.872. The van der Waals surface area contributed by atoms with Gasteiger partial charge in [-0.1, -0.05) is 69.0 Å². The van der Waals surface area contributed by atoms with E-state index in [4.69, 9.17) is 9.53 Å². The van der Waals surface area contributed by atoms with Gasteiger partial charge in [-0.15, -0.1) is 0 Å². The second-order valence-electron chi connectivity index (χ2n) is 9.63. The number of aliphatic carboxylic acids is 1. The van der Waals surface area contributed by atoms with Crippen LogP contribution in [0.25, 0.3) is 0 Å². The van der Waals surface area contributed by atoms with Gasteiger partial charge in [0.2, 0.25) is 0 Å². The molecular weight excluding hydrogens is 438 g/mol. The number of hydrogen-bond acceptors (Lipinski definition) is 4. The summed E-state index contributed by atoms with van der Waals surface area (Å²) in [5.74, 6) is 6.20. The third kappa shape index (κ3) is 5.73. The number of methoxy groups -OCH3 is 1. The van der Waals surface area contributed by atoms with E-state index in [1.807, 2.05) is 61.4 Å². The molecule has 3 aromatic carbocycles. The minimum atomic E-state index is -1.08. The molecule has 5 nitrogen and oxygen atoms in total. The third-order valence-electron chi connectivity index (χ3n) is 6.19. The van der Waals surface area contributed by atoms with Crippen molar-refractivity contribution in [1.82, 2.24) is 0 Å². The van der Waals surface area contributed by atoms with E-state index < -0.39 is 11.5 Å². The van der Waals surface area contributed by atoms with Crippen molar-refractivity contribution in [3.8, 4) is 17.6 Å². The summed E-state index contributed by atoms with van der Waals surface area (Å²) in [7, 11) is 1.61. The van der Waals surface area contributed by atoms with Crippen molar-refractivity contribution in [1.29, 1.82) is 0 Å². The van der Waals surface area contributed by atoms with Crippen LogP contribution in [0.15, 0.2) is 66.7 Å². The molecule has 0 fully saturated rings. The number of carboxylic acid groups (broad SMARTS) is 1. The smallest absolute Gasteiger partial charge is 0.330 e. The first-order valence-electron chi connectivity index (χ1n) is 11.4. The Morgan fingerprint density at radius 2 is 1.57 bits per heavy atom. The highest BCUT2D eigenvalue weighted by Gasteiger charge is 2.44. The number of carbonyl (C=O) groups is 2. The zero-order chi connectivity index (χ0) is 25.6. The highest BCUT2D eigenvalue weighted by Crippen LogP contribution is 2.34. The molecule has 0 aromatic heterocycles. The van der Waals surface area contributed by atoms with Crippen molar-refractivity contribution in [2.24, 2.45) is 0 Å². The minimum Gasteiger partial charge on any atom is -0.495 e. The molecule has 0 spiro atoms. The van der Waals surface area contributed by atoms with E-state index in [1.54, 1.807) is 7.11 Å². The number of nitrogens with one attached hydrogen (secondary N) is 1. The zero-order valence-electron chi connectivity index (χ0n) is 20.6. The Kier molecular flexibility index (Phi) is 7.66. The lowest BCUT2D eigenvalue weighted by Gasteiger charge is -2.27. The number of ether oxygens (including phenoxy) is 1. The van der Waals surface area contributed by atoms with Crippen LogP contribution in [0.3, 0.4) is 0 Å². The average molecular weight is 470 g/mol. The molecule has 0 saturated heterocycles. The first-order chi connectivity index (χ1) is 16.7. The maximum Gasteiger partial charge on any atom is 0.330 e. The fourth-order valence-corrected chi connectivity index (χ4v) is 4.26. The number of rotatable bonds is 4. The van der Waals surface area contributed by atoms with Gasteiger partial charge in [-0.05, 0) is 52.4 Å². The quantitative estimate of drug-likeness (QED) is 0.511. The summed E-state index contributed by atoms with van der Waals surface area (Å²) in [5, 5.41) is 13.4. The first-order valence-corrected chi connectivity index (χ1v) is 11.4. The maximum absolute atomic E-state index is 12.3. The molecule has 0 aliphatic heterocycles. The molecular formula is C30H31NO4. The lowest BCUT2D eigenvalue weighted by Crippen LogP contribution is -2.47. The van der Waals surface area contributed by atoms with Gasteiger partial charge in [-0.3, -0.25) is 0 Å². The van der Waals surface area contributed by atoms with Crippen molar-refractivity contribution in [3.63, 3.8) is 0 Å². The van der Waals surface area contributed by atoms with Gasteiger partial charge in [0.25, 0.3) is 0 Å². The summed E-state index contributed by atoms with van der Waals surface area (Å²) in [6, 6.07) is 21.7. The van der Waals surface area contributed by atoms with Gasteiger partial charge in [-0.25, -0.2) is 4.79 Å². The zero-order valence-corrected chi connectivity index (χ0v) is 20.6. The van der Waals surface area contributed by atoms with Gasteiger partial charge >= 0.3 is 5.97 Å². The van der Waals surface area contributed by atoms with Crippen LogP contribution in [0.5, 0.6) is 5.75 Å². The van der Waals surface area contributed by atoms with Crippen LogP contribution < -0.4 is 10.1 Å². The monoisotopic (exact) mass is 469 g/mol. The molecule has 5 heteroatoms. The Bertz CT molecular complexity index is 1230. The standard InChI is InChI=1S/C29H29NO3.CH2O/c1-28(2,3)24-13-10-20(11-14-24)9-12-21-17-25(15-16-26(21)33-4)30-29(27(31)32)18-22-7-5-6-8-23(22)19-29;1-2/h5-8,10-11,13-17,30H,18-19H2,1-4H3,(H,31,32);1H2. The van der Waals surface area contributed by atoms with E-state index in [9.17, 15) is 9.90 Å². The number of carbonyl (C=O) groups excluding carboxylic acids is 1. The fourth-order valence-electron chi connectivity index (χ4n) is 4.26. The number of hydrogen-bond donors (Lipinski definition) is 2. The van der Waals surface area contributed by atoms with E-state index in [0.29, 0.717) is 29.8 Å². The predicted octanol–water partition coefficient (Wildman–Crippen LogP) is 5.24. The third-order valence-corrected chi connectivity index (χ3v) is 6.19. The van der Waals surface area contributed by atoms with Crippen molar-refractivity contribution < 1.29 is 19.4 Å². The van der Waals surface area contributed by atoms with Gasteiger partial charge < -0.3 is 20.0 Å². The summed E-state index contributed by atoms with van der Waals surface area (Å²) in [6.45, 7) is 8.55. The molecule has 3 aromatic rings. The SMILES string of the molecule is C=O.COc1ccc(NC2(C(=O)O)Cc3ccccc3C2)cc1C#Cc1ccc(C(C)(C)C)cc1. The van der Waals surface area contributed by atoms with E-state index >= 15 is 0 Å². The Morgan fingerprint density at radius 1 is 0.971 bits per heavy atom. The number of anilines is 1. The molecule has 0 atom stereocenters. The van der Waals surface area contributed by atoms with Crippen LogP contribution in [0.2, 0.25) is 0 Å². The van der Waals surface area contributed by atoms with E-state index in [2.05, 4.69) is 50.1 Å². The van der Waals surface area contributed by atoms with Crippen LogP contribution in [0.4, 0.5) is 5.69 Å². The first kappa shape index (κ1) is 25.6. The van der Waals surface area contributed by atoms with E-state index in [-0.39, 0.29) is 5.41 Å². The molecule has 35 heavy (non-hydrogen) atoms. The van der Waals surface area contributed by atoms with Crippen LogP contribution in [-0.4, -0.2) is 30.5 Å². The molecule has 0 amide bonds. The second kappa shape index (κ2) is 10.5. The summed E-state index contributed by atoms with van der Waals surface area (Å²) >= 11 is 0. The second-order valence-corrected chi connectivity index (χ2v) is 9.63. The predicted molar refractivity (Wildman–Crippen MR) is 139 cm³/mol. The van der Waals surface area contributed by atoms with Gasteiger partial charge in [0, 0.05) is 24.1 Å². The average Bonchev–Trinajstić information content (AvgIpc) is 3.23. The highest BCUT2D eigenvalue weighted by atomic mass is 16.5. The van der Waals surface area contributed by atoms with Crippen molar-refractivity contribution in [2.45, 2.75) is 44.6 Å². The van der Waals surface area contributed by atoms with Crippen molar-refractivity contribution >= 4 is 18.4 Å². The lowest BCUT2D eigenvalue weighted by atomic mass is 9.87. The molecule has 0 heterocycles. The molecule has 180 valence electrons. The number of carboxylic acids is 1. The van der Waals surface area contributed by atoms with Gasteiger partial charge in [0.1, 0.15) is 18.1 Å². The van der Waals surface area contributed by atoms with Gasteiger partial charge in [-0.2, -0.15) is 0 Å². The van der Waals surface area contributed by atoms with Crippen LogP contribution in [-0.2, 0) is 27.8 Å². The normalized spacial score (nSPS) is 13.4.